The van der Waals surface area contributed by atoms with E-state index < -0.39 is 17.7 Å². The van der Waals surface area contributed by atoms with Gasteiger partial charge in [-0.1, -0.05) is 12.5 Å². The van der Waals surface area contributed by atoms with Crippen molar-refractivity contribution in [2.75, 3.05) is 32.7 Å². The molecule has 0 saturated carbocycles. The number of rotatable bonds is 7. The highest BCUT2D eigenvalue weighted by molar-refractivity contribution is 5.88. The molecule has 10 heteroatoms. The molecule has 3 fully saturated rings. The summed E-state index contributed by atoms with van der Waals surface area (Å²) in [6, 6.07) is 9.99. The predicted molar refractivity (Wildman–Crippen MR) is 159 cm³/mol. The number of nitrogens with zero attached hydrogens (tertiary/aromatic N) is 2. The molecular formula is C33H38F2N4O4. The third kappa shape index (κ3) is 6.08. The van der Waals surface area contributed by atoms with Gasteiger partial charge >= 0.3 is 6.09 Å². The first-order chi connectivity index (χ1) is 21.0. The Hall–Kier alpha value is -3.63. The minimum absolute atomic E-state index is 0.0227. The van der Waals surface area contributed by atoms with E-state index in [4.69, 9.17) is 13.9 Å². The van der Waals surface area contributed by atoms with Crippen LogP contribution in [0.2, 0.25) is 0 Å². The Bertz CT molecular complexity index is 1590. The van der Waals surface area contributed by atoms with Crippen LogP contribution in [0, 0.1) is 17.6 Å². The first-order valence-electron chi connectivity index (χ1n) is 15.5. The molecule has 228 valence electrons. The number of aromatic amines is 1. The van der Waals surface area contributed by atoms with E-state index in [1.54, 1.807) is 12.1 Å². The second-order valence-electron chi connectivity index (χ2n) is 12.3. The van der Waals surface area contributed by atoms with Crippen molar-refractivity contribution in [1.29, 1.82) is 0 Å². The zero-order valence-electron chi connectivity index (χ0n) is 24.2. The molecule has 43 heavy (non-hydrogen) atoms. The molecular weight excluding hydrogens is 554 g/mol. The maximum atomic E-state index is 14.4. The quantitative estimate of drug-likeness (QED) is 0.252. The van der Waals surface area contributed by atoms with E-state index in [9.17, 15) is 13.6 Å². The lowest BCUT2D eigenvalue weighted by atomic mass is 9.83. The Morgan fingerprint density at radius 2 is 1.88 bits per heavy atom. The molecule has 2 aromatic carbocycles. The fraction of sp³-hybridized carbons (Fsp3) is 0.485. The van der Waals surface area contributed by atoms with Gasteiger partial charge in [-0.3, -0.25) is 0 Å². The van der Waals surface area contributed by atoms with Gasteiger partial charge in [0.1, 0.15) is 29.6 Å². The van der Waals surface area contributed by atoms with E-state index in [0.29, 0.717) is 17.2 Å². The molecule has 7 rings (SSSR count). The maximum Gasteiger partial charge on any atom is 0.414 e. The van der Waals surface area contributed by atoms with E-state index in [1.807, 2.05) is 12.1 Å². The first kappa shape index (κ1) is 28.2. The highest BCUT2D eigenvalue weighted by Gasteiger charge is 2.34. The number of ether oxygens (including phenoxy) is 2. The van der Waals surface area contributed by atoms with Crippen LogP contribution in [-0.2, 0) is 6.61 Å². The summed E-state index contributed by atoms with van der Waals surface area (Å²) in [5, 5.41) is 3.96. The number of hydrogen-bond acceptors (Lipinski definition) is 6. The molecule has 2 N–H and O–H groups in total. The number of benzene rings is 2. The topological polar surface area (TPSA) is 83.0 Å². The number of fused-ring (bicyclic) bond motifs is 3. The second kappa shape index (κ2) is 12.2. The monoisotopic (exact) mass is 592 g/mol. The number of nitrogens with one attached hydrogen (secondary N) is 2. The van der Waals surface area contributed by atoms with Gasteiger partial charge in [-0.05, 0) is 69.7 Å². The van der Waals surface area contributed by atoms with Crippen molar-refractivity contribution < 1.29 is 27.5 Å². The molecule has 2 aromatic heterocycles. The number of aromatic nitrogens is 1. The molecule has 0 aliphatic carbocycles. The molecule has 0 bridgehead atoms. The standard InChI is InChI=1S/C33H38F2N4O4/c34-23-15-26(35)32-22(20-42-30(32)16-23)19-41-29-8-3-6-27-25(29)17-31(37-27)43-33(40)36-24-9-13-38(14-10-24)18-21-5-4-12-39-11-2-1-7-28(21)39/h3,6,8,15-17,20-21,24,28,37H,1-2,4-5,7,9-14,18-19H2,(H,36,40)/t21-,28+/m0/s1. The van der Waals surface area contributed by atoms with Crippen molar-refractivity contribution in [3.05, 3.63) is 59.9 Å². The largest absolute Gasteiger partial charge is 0.488 e. The summed E-state index contributed by atoms with van der Waals surface area (Å²) in [5.41, 5.74) is 1.33. The summed E-state index contributed by atoms with van der Waals surface area (Å²) in [5.74, 6) is 0.211. The van der Waals surface area contributed by atoms with E-state index in [0.717, 1.165) is 60.9 Å². The molecule has 8 nitrogen and oxygen atoms in total. The summed E-state index contributed by atoms with van der Waals surface area (Å²) in [7, 11) is 0. The summed E-state index contributed by atoms with van der Waals surface area (Å²) in [6.45, 7) is 5.72. The van der Waals surface area contributed by atoms with Crippen molar-refractivity contribution in [2.45, 2.75) is 63.6 Å². The van der Waals surface area contributed by atoms with Crippen LogP contribution >= 0.6 is 0 Å². The van der Waals surface area contributed by atoms with Crippen LogP contribution in [0.1, 0.15) is 50.5 Å². The molecule has 4 aromatic rings. The fourth-order valence-electron chi connectivity index (χ4n) is 7.37. The zero-order valence-corrected chi connectivity index (χ0v) is 24.2. The highest BCUT2D eigenvalue weighted by atomic mass is 19.1. The number of piperidine rings is 3. The number of H-pyrrole nitrogens is 1. The number of hydrogen-bond donors (Lipinski definition) is 2. The zero-order chi connectivity index (χ0) is 29.3. The van der Waals surface area contributed by atoms with Crippen molar-refractivity contribution in [2.24, 2.45) is 5.92 Å². The average molecular weight is 593 g/mol. The SMILES string of the molecule is O=C(NC1CCN(C[C@@H]2CCCN3CCCC[C@H]23)CC1)Oc1cc2c(OCc3coc4cc(F)cc(F)c34)cccc2[nH]1. The number of likely N-dealkylation sites (tertiary alicyclic amines) is 1. The number of carbonyl (C=O) groups is 1. The van der Waals surface area contributed by atoms with E-state index in [1.165, 1.54) is 58.0 Å². The average Bonchev–Trinajstić information content (AvgIpc) is 3.61. The van der Waals surface area contributed by atoms with Gasteiger partial charge in [-0.25, -0.2) is 13.6 Å². The lowest BCUT2D eigenvalue weighted by Gasteiger charge is -2.46. The van der Waals surface area contributed by atoms with Gasteiger partial charge in [-0.15, -0.1) is 0 Å². The minimum atomic E-state index is -0.699. The van der Waals surface area contributed by atoms with Crippen molar-refractivity contribution >= 4 is 28.0 Å². The van der Waals surface area contributed by atoms with Crippen LogP contribution in [0.25, 0.3) is 21.9 Å². The Balaban J connectivity index is 0.921. The van der Waals surface area contributed by atoms with Crippen LogP contribution in [-0.4, -0.2) is 65.7 Å². The van der Waals surface area contributed by atoms with E-state index in [2.05, 4.69) is 20.1 Å². The Morgan fingerprint density at radius 1 is 1.02 bits per heavy atom. The van der Waals surface area contributed by atoms with Crippen molar-refractivity contribution in [1.82, 2.24) is 20.1 Å². The Labute approximate surface area is 249 Å². The normalized spacial score (nSPS) is 22.1. The number of amides is 1. The maximum absolute atomic E-state index is 14.4. The summed E-state index contributed by atoms with van der Waals surface area (Å²) in [6.07, 6.45) is 9.43. The second-order valence-corrected chi connectivity index (χ2v) is 12.3. The van der Waals surface area contributed by atoms with Gasteiger partial charge in [0.05, 0.1) is 17.2 Å². The molecule has 0 radical (unpaired) electrons. The molecule has 3 aliphatic heterocycles. The smallest absolute Gasteiger partial charge is 0.414 e. The molecule has 0 spiro atoms. The van der Waals surface area contributed by atoms with Crippen molar-refractivity contribution in [3.63, 3.8) is 0 Å². The third-order valence-corrected chi connectivity index (χ3v) is 9.48. The van der Waals surface area contributed by atoms with Crippen LogP contribution in [0.3, 0.4) is 0 Å². The minimum Gasteiger partial charge on any atom is -0.488 e. The number of halogens is 2. The molecule has 2 atom stereocenters. The Kier molecular flexibility index (Phi) is 7.97. The summed E-state index contributed by atoms with van der Waals surface area (Å²) >= 11 is 0. The van der Waals surface area contributed by atoms with Gasteiger partial charge in [0.15, 0.2) is 0 Å². The number of furan rings is 1. The first-order valence-corrected chi connectivity index (χ1v) is 15.5. The summed E-state index contributed by atoms with van der Waals surface area (Å²) < 4.78 is 44.8. The van der Waals surface area contributed by atoms with Gasteiger partial charge in [0.2, 0.25) is 5.88 Å². The van der Waals surface area contributed by atoms with E-state index >= 15 is 0 Å². The summed E-state index contributed by atoms with van der Waals surface area (Å²) in [4.78, 5) is 21.2. The molecule has 0 unspecified atom stereocenters. The predicted octanol–water partition coefficient (Wildman–Crippen LogP) is 6.59. The third-order valence-electron chi connectivity index (χ3n) is 9.48. The lowest BCUT2D eigenvalue weighted by Crippen LogP contribution is -2.52. The number of carbonyl (C=O) groups excluding carboxylic acids is 1. The van der Waals surface area contributed by atoms with Crippen LogP contribution in [0.4, 0.5) is 13.6 Å². The van der Waals surface area contributed by atoms with Gasteiger partial charge in [0, 0.05) is 60.9 Å². The fourth-order valence-corrected chi connectivity index (χ4v) is 7.37. The van der Waals surface area contributed by atoms with Gasteiger partial charge < -0.3 is 34.0 Å². The van der Waals surface area contributed by atoms with Crippen LogP contribution in [0.15, 0.2) is 47.1 Å². The van der Waals surface area contributed by atoms with Crippen LogP contribution in [0.5, 0.6) is 11.6 Å². The van der Waals surface area contributed by atoms with Crippen molar-refractivity contribution in [3.8, 4) is 11.6 Å². The van der Waals surface area contributed by atoms with Gasteiger partial charge in [0.25, 0.3) is 0 Å². The molecule has 3 aliphatic rings. The molecule has 3 saturated heterocycles. The van der Waals surface area contributed by atoms with E-state index in [-0.39, 0.29) is 23.6 Å². The lowest BCUT2D eigenvalue weighted by molar-refractivity contribution is 0.0353. The molecule has 1 amide bonds. The molecule has 5 heterocycles. The highest BCUT2D eigenvalue weighted by Crippen LogP contribution is 2.33. The van der Waals surface area contributed by atoms with Crippen LogP contribution < -0.4 is 14.8 Å². The Morgan fingerprint density at radius 3 is 2.77 bits per heavy atom. The van der Waals surface area contributed by atoms with Gasteiger partial charge in [-0.2, -0.15) is 0 Å².